The number of esters is 2. The topological polar surface area (TPSA) is 110 Å². The van der Waals surface area contributed by atoms with Crippen LogP contribution >= 0.6 is 15.9 Å². The van der Waals surface area contributed by atoms with Crippen LogP contribution in [0.3, 0.4) is 0 Å². The SMILES string of the molecule is CCOC(=O)c1ccc(C=C(c2ccccc2)c2cc(-n3c(C)ccc3C)nc(-n3c(C)ccc3C)c2)cc1.CCOC(=O)c1ccc(CC(=NC)c2ccccc2)cc1.Cc1ccc(C)n1-c1cc(Br)cc(-n2c(C)ccc2C)n1. The second-order valence-electron chi connectivity index (χ2n) is 19.8. The van der Waals surface area contributed by atoms with E-state index >= 15 is 0 Å². The van der Waals surface area contributed by atoms with Crippen molar-refractivity contribution in [2.75, 3.05) is 20.3 Å². The average Bonchev–Trinajstić information content (AvgIpc) is 4.29. The Morgan fingerprint density at radius 3 is 1.15 bits per heavy atom. The molecule has 0 amide bonds. The van der Waals surface area contributed by atoms with Gasteiger partial charge < -0.3 is 27.7 Å². The zero-order valence-electron chi connectivity index (χ0n) is 48.2. The third-order valence-electron chi connectivity index (χ3n) is 13.9. The van der Waals surface area contributed by atoms with Gasteiger partial charge >= 0.3 is 11.9 Å². The molecule has 0 aliphatic rings. The zero-order chi connectivity index (χ0) is 57.7. The first-order valence-electron chi connectivity index (χ1n) is 27.2. The molecule has 81 heavy (non-hydrogen) atoms. The number of ether oxygens (including phenoxy) is 2. The summed E-state index contributed by atoms with van der Waals surface area (Å²) in [6.45, 7) is 21.2. The molecule has 0 saturated carbocycles. The summed E-state index contributed by atoms with van der Waals surface area (Å²) in [5, 5.41) is 0. The number of carbonyl (C=O) groups is 2. The number of pyridine rings is 2. The van der Waals surface area contributed by atoms with Crippen LogP contribution < -0.4 is 0 Å². The van der Waals surface area contributed by atoms with Gasteiger partial charge in [0.1, 0.15) is 23.3 Å². The molecule has 6 aromatic heterocycles. The Labute approximate surface area is 485 Å². The summed E-state index contributed by atoms with van der Waals surface area (Å²) in [6.07, 6.45) is 2.90. The lowest BCUT2D eigenvalue weighted by molar-refractivity contribution is 0.0516. The van der Waals surface area contributed by atoms with E-state index in [2.05, 4.69) is 210 Å². The van der Waals surface area contributed by atoms with Crippen molar-refractivity contribution in [1.82, 2.24) is 28.2 Å². The minimum absolute atomic E-state index is 0.281. The first kappa shape index (κ1) is 58.3. The molecular formula is C69H70BrN7O4. The maximum Gasteiger partial charge on any atom is 0.338 e. The van der Waals surface area contributed by atoms with E-state index in [-0.39, 0.29) is 11.9 Å². The van der Waals surface area contributed by atoms with E-state index in [4.69, 9.17) is 19.4 Å². The summed E-state index contributed by atoms with van der Waals surface area (Å²) < 4.78 is 19.9. The summed E-state index contributed by atoms with van der Waals surface area (Å²) in [5.74, 6) is 3.02. The molecule has 0 fully saturated rings. The van der Waals surface area contributed by atoms with Gasteiger partial charge in [0.25, 0.3) is 0 Å². The van der Waals surface area contributed by atoms with Crippen molar-refractivity contribution in [3.63, 3.8) is 0 Å². The van der Waals surface area contributed by atoms with E-state index in [1.807, 2.05) is 67.6 Å². The molecule has 0 saturated heterocycles. The number of aromatic nitrogens is 6. The first-order valence-corrected chi connectivity index (χ1v) is 28.0. The highest BCUT2D eigenvalue weighted by atomic mass is 79.9. The van der Waals surface area contributed by atoms with Crippen LogP contribution in [-0.2, 0) is 15.9 Å². The summed E-state index contributed by atoms with van der Waals surface area (Å²) in [5.41, 5.74) is 17.8. The highest BCUT2D eigenvalue weighted by molar-refractivity contribution is 9.10. The van der Waals surface area contributed by atoms with Gasteiger partial charge in [-0.25, -0.2) is 19.6 Å². The van der Waals surface area contributed by atoms with Crippen molar-refractivity contribution in [2.24, 2.45) is 4.99 Å². The van der Waals surface area contributed by atoms with Gasteiger partial charge in [0.05, 0.1) is 24.3 Å². The zero-order valence-corrected chi connectivity index (χ0v) is 49.7. The second kappa shape index (κ2) is 26.9. The van der Waals surface area contributed by atoms with E-state index < -0.39 is 0 Å². The minimum Gasteiger partial charge on any atom is -0.462 e. The van der Waals surface area contributed by atoms with Crippen molar-refractivity contribution in [2.45, 2.75) is 75.7 Å². The van der Waals surface area contributed by atoms with Crippen LogP contribution in [0.15, 0.2) is 191 Å². The van der Waals surface area contributed by atoms with Crippen molar-refractivity contribution in [1.29, 1.82) is 0 Å². The molecule has 0 aliphatic carbocycles. The van der Waals surface area contributed by atoms with Crippen molar-refractivity contribution < 1.29 is 19.1 Å². The summed E-state index contributed by atoms with van der Waals surface area (Å²) >= 11 is 3.62. The molecule has 0 unspecified atom stereocenters. The van der Waals surface area contributed by atoms with Gasteiger partial charge in [0.15, 0.2) is 0 Å². The number of carbonyl (C=O) groups excluding carboxylic acids is 2. The predicted molar refractivity (Wildman–Crippen MR) is 332 cm³/mol. The van der Waals surface area contributed by atoms with Gasteiger partial charge in [0.2, 0.25) is 0 Å². The number of halogens is 1. The maximum atomic E-state index is 12.2. The fourth-order valence-electron chi connectivity index (χ4n) is 9.86. The molecule has 0 aliphatic heterocycles. The lowest BCUT2D eigenvalue weighted by Crippen LogP contribution is -2.09. The van der Waals surface area contributed by atoms with Crippen LogP contribution in [0.1, 0.15) is 108 Å². The normalized spacial score (nSPS) is 11.4. The molecule has 0 N–H and O–H groups in total. The maximum absolute atomic E-state index is 12.2. The van der Waals surface area contributed by atoms with Crippen LogP contribution in [0.4, 0.5) is 0 Å². The molecule has 0 atom stereocenters. The number of aliphatic imine (C=N–C) groups is 1. The van der Waals surface area contributed by atoms with E-state index in [1.54, 1.807) is 26.1 Å². The molecule has 0 bridgehead atoms. The van der Waals surface area contributed by atoms with Gasteiger partial charge in [-0.2, -0.15) is 0 Å². The van der Waals surface area contributed by atoms with Crippen LogP contribution in [0.2, 0.25) is 0 Å². The van der Waals surface area contributed by atoms with E-state index in [0.29, 0.717) is 24.3 Å². The molecule has 0 spiro atoms. The standard InChI is InChI=1S/C34H33N3O2.C18H19NO2.C17H18BrN3/c1-6-39-34(38)29-18-16-27(17-19-29)20-31(28-10-8-7-9-11-28)30-21-32(36-23(2)12-13-24(36)3)35-33(22-30)37-25(4)14-15-26(37)5;1-3-21-18(20)16-11-9-14(10-12-16)13-17(19-2)15-7-5-4-6-8-15;1-11-5-6-12(2)20(11)16-9-15(18)10-17(19-16)21-13(3)7-8-14(21)4/h7-22H,6H2,1-5H3;4-12H,3,13H2,1-2H3;5-10H,1-4H3. The summed E-state index contributed by atoms with van der Waals surface area (Å²) in [7, 11) is 1.80. The molecule has 0 radical (unpaired) electrons. The smallest absolute Gasteiger partial charge is 0.338 e. The van der Waals surface area contributed by atoms with E-state index in [9.17, 15) is 9.59 Å². The number of nitrogens with zero attached hydrogens (tertiary/aromatic N) is 7. The number of hydrogen-bond donors (Lipinski definition) is 0. The third-order valence-corrected chi connectivity index (χ3v) is 14.4. The number of hydrogen-bond acceptors (Lipinski definition) is 7. The molecule has 11 nitrogen and oxygen atoms in total. The quantitative estimate of drug-likeness (QED) is 0.0609. The molecule has 10 rings (SSSR count). The van der Waals surface area contributed by atoms with Gasteiger partial charge in [-0.1, -0.05) is 101 Å². The van der Waals surface area contributed by atoms with Crippen LogP contribution in [-0.4, -0.2) is 66.1 Å². The minimum atomic E-state index is -0.311. The summed E-state index contributed by atoms with van der Waals surface area (Å²) in [4.78, 5) is 38.2. The Kier molecular flexibility index (Phi) is 19.3. The van der Waals surface area contributed by atoms with Gasteiger partial charge in [0, 0.05) is 69.2 Å². The highest BCUT2D eigenvalue weighted by Crippen LogP contribution is 2.31. The molecule has 6 heterocycles. The van der Waals surface area contributed by atoms with Crippen LogP contribution in [0.5, 0.6) is 0 Å². The monoisotopic (exact) mass is 1140 g/mol. The Bertz CT molecular complexity index is 3640. The first-order chi connectivity index (χ1) is 39.1. The largest absolute Gasteiger partial charge is 0.462 e. The van der Waals surface area contributed by atoms with Crippen molar-refractivity contribution in [3.8, 4) is 23.3 Å². The Balaban J connectivity index is 0.000000173. The molecule has 10 aromatic rings. The van der Waals surface area contributed by atoms with Crippen molar-refractivity contribution >= 4 is 45.2 Å². The second-order valence-corrected chi connectivity index (χ2v) is 20.7. The number of rotatable bonds is 14. The Morgan fingerprint density at radius 1 is 0.444 bits per heavy atom. The van der Waals surface area contributed by atoms with Gasteiger partial charge in [-0.15, -0.1) is 0 Å². The molecule has 412 valence electrons. The van der Waals surface area contributed by atoms with Crippen LogP contribution in [0.25, 0.3) is 34.9 Å². The number of benzene rings is 4. The molecular weight excluding hydrogens is 1070 g/mol. The highest BCUT2D eigenvalue weighted by Gasteiger charge is 2.17. The van der Waals surface area contributed by atoms with E-state index in [0.717, 1.165) is 96.0 Å². The third kappa shape index (κ3) is 14.1. The molecule has 4 aromatic carbocycles. The van der Waals surface area contributed by atoms with Crippen LogP contribution in [0, 0.1) is 55.4 Å². The lowest BCUT2D eigenvalue weighted by atomic mass is 9.95. The molecule has 12 heteroatoms. The summed E-state index contributed by atoms with van der Waals surface area (Å²) in [6, 6.07) is 60.9. The fraction of sp³-hybridized carbons (Fsp3) is 0.203. The lowest BCUT2D eigenvalue weighted by Gasteiger charge is -2.17. The van der Waals surface area contributed by atoms with Gasteiger partial charge in [-0.3, -0.25) is 4.99 Å². The van der Waals surface area contributed by atoms with Crippen molar-refractivity contribution in [3.05, 3.63) is 271 Å². The van der Waals surface area contributed by atoms with Gasteiger partial charge in [-0.05, 0) is 206 Å². The fourth-order valence-corrected chi connectivity index (χ4v) is 10.3. The Morgan fingerprint density at radius 2 is 0.790 bits per heavy atom. The predicted octanol–water partition coefficient (Wildman–Crippen LogP) is 15.8. The van der Waals surface area contributed by atoms with E-state index in [1.165, 1.54) is 22.8 Å². The number of aryl methyl sites for hydroxylation is 8. The Hall–Kier alpha value is -8.87. The average molecular weight is 1140 g/mol.